The zero-order valence-electron chi connectivity index (χ0n) is 15.5. The number of benzene rings is 1. The lowest BCUT2D eigenvalue weighted by Crippen LogP contribution is -2.34. The number of hydrogen-bond acceptors (Lipinski definition) is 7. The van der Waals surface area contributed by atoms with Gasteiger partial charge in [0.05, 0.1) is 23.9 Å². The Labute approximate surface area is 160 Å². The predicted octanol–water partition coefficient (Wildman–Crippen LogP) is 2.67. The minimum Gasteiger partial charge on any atom is -0.467 e. The fraction of sp³-hybridized carbons (Fsp3) is 0.263. The standard InChI is InChI=1S/C19H18N2O7/c1-19(2,3)27-18(25)20-10-14-13(8-9-26-14)17(24)28-21-15(22)11-6-4-5-7-12(11)16(21)23/h4-9H,10H2,1-3H3,(H,20,25). The highest BCUT2D eigenvalue weighted by Gasteiger charge is 2.39. The molecule has 28 heavy (non-hydrogen) atoms. The van der Waals surface area contributed by atoms with Gasteiger partial charge in [-0.1, -0.05) is 17.2 Å². The lowest BCUT2D eigenvalue weighted by molar-refractivity contribution is -0.0586. The number of ether oxygens (including phenoxy) is 1. The van der Waals surface area contributed by atoms with Gasteiger partial charge in [0.25, 0.3) is 11.8 Å². The molecular weight excluding hydrogens is 368 g/mol. The van der Waals surface area contributed by atoms with Gasteiger partial charge >= 0.3 is 12.1 Å². The van der Waals surface area contributed by atoms with Crippen molar-refractivity contribution in [3.05, 3.63) is 59.0 Å². The number of rotatable bonds is 4. The first kappa shape index (κ1) is 19.2. The van der Waals surface area contributed by atoms with E-state index >= 15 is 0 Å². The molecule has 2 heterocycles. The van der Waals surface area contributed by atoms with Crippen LogP contribution in [0.5, 0.6) is 0 Å². The summed E-state index contributed by atoms with van der Waals surface area (Å²) in [7, 11) is 0. The summed E-state index contributed by atoms with van der Waals surface area (Å²) in [5.41, 5.74) is -0.410. The highest BCUT2D eigenvalue weighted by molar-refractivity contribution is 6.21. The van der Waals surface area contributed by atoms with E-state index in [0.717, 1.165) is 0 Å². The first-order chi connectivity index (χ1) is 13.2. The quantitative estimate of drug-likeness (QED) is 0.803. The Balaban J connectivity index is 1.67. The molecule has 0 bridgehead atoms. The number of furan rings is 1. The van der Waals surface area contributed by atoms with E-state index in [2.05, 4.69) is 5.32 Å². The van der Waals surface area contributed by atoms with Crippen LogP contribution in [0, 0.1) is 0 Å². The Kier molecular flexibility index (Phi) is 4.91. The van der Waals surface area contributed by atoms with Gasteiger partial charge in [-0.05, 0) is 39.0 Å². The molecule has 9 nitrogen and oxygen atoms in total. The van der Waals surface area contributed by atoms with Crippen LogP contribution in [-0.2, 0) is 16.1 Å². The largest absolute Gasteiger partial charge is 0.467 e. The van der Waals surface area contributed by atoms with Crippen LogP contribution in [0.1, 0.15) is 57.6 Å². The van der Waals surface area contributed by atoms with Crippen molar-refractivity contribution in [2.45, 2.75) is 32.9 Å². The van der Waals surface area contributed by atoms with Gasteiger partial charge in [0.15, 0.2) is 0 Å². The zero-order chi connectivity index (χ0) is 20.5. The number of nitrogens with zero attached hydrogens (tertiary/aromatic N) is 1. The van der Waals surface area contributed by atoms with Crippen molar-refractivity contribution >= 4 is 23.9 Å². The van der Waals surface area contributed by atoms with Crippen LogP contribution in [0.25, 0.3) is 0 Å². The summed E-state index contributed by atoms with van der Waals surface area (Å²) in [5.74, 6) is -2.34. The summed E-state index contributed by atoms with van der Waals surface area (Å²) in [6.45, 7) is 4.99. The maximum Gasteiger partial charge on any atom is 0.408 e. The van der Waals surface area contributed by atoms with Crippen molar-refractivity contribution in [3.8, 4) is 0 Å². The van der Waals surface area contributed by atoms with E-state index in [1.165, 1.54) is 24.5 Å². The number of hydrogen-bond donors (Lipinski definition) is 1. The maximum absolute atomic E-state index is 12.4. The van der Waals surface area contributed by atoms with Crippen LogP contribution >= 0.6 is 0 Å². The molecular formula is C19H18N2O7. The van der Waals surface area contributed by atoms with Crippen LogP contribution in [0.4, 0.5) is 4.79 Å². The summed E-state index contributed by atoms with van der Waals surface area (Å²) in [6, 6.07) is 7.46. The lowest BCUT2D eigenvalue weighted by atomic mass is 10.1. The maximum atomic E-state index is 12.4. The van der Waals surface area contributed by atoms with Gasteiger partial charge < -0.3 is 19.3 Å². The molecule has 0 saturated carbocycles. The van der Waals surface area contributed by atoms with Crippen LogP contribution in [0.15, 0.2) is 41.0 Å². The fourth-order valence-electron chi connectivity index (χ4n) is 2.51. The zero-order valence-corrected chi connectivity index (χ0v) is 15.5. The Morgan fingerprint density at radius 3 is 2.25 bits per heavy atom. The third kappa shape index (κ3) is 3.88. The van der Waals surface area contributed by atoms with E-state index in [1.54, 1.807) is 32.9 Å². The molecule has 1 aliphatic heterocycles. The van der Waals surface area contributed by atoms with E-state index in [-0.39, 0.29) is 29.0 Å². The van der Waals surface area contributed by atoms with Crippen molar-refractivity contribution < 1.29 is 33.2 Å². The highest BCUT2D eigenvalue weighted by Crippen LogP contribution is 2.24. The molecule has 1 aromatic heterocycles. The Bertz CT molecular complexity index is 920. The number of alkyl carbamates (subject to hydrolysis) is 1. The molecule has 1 aromatic carbocycles. The van der Waals surface area contributed by atoms with Crippen molar-refractivity contribution in [2.24, 2.45) is 0 Å². The van der Waals surface area contributed by atoms with Gasteiger partial charge in [-0.3, -0.25) is 9.59 Å². The van der Waals surface area contributed by atoms with Gasteiger partial charge in [0.1, 0.15) is 16.9 Å². The summed E-state index contributed by atoms with van der Waals surface area (Å²) in [6.07, 6.45) is 0.536. The number of carbonyl (C=O) groups is 4. The number of nitrogens with one attached hydrogen (secondary N) is 1. The van der Waals surface area contributed by atoms with E-state index in [9.17, 15) is 19.2 Å². The molecule has 0 fully saturated rings. The van der Waals surface area contributed by atoms with Gasteiger partial charge in [-0.25, -0.2) is 9.59 Å². The van der Waals surface area contributed by atoms with E-state index < -0.39 is 29.5 Å². The highest BCUT2D eigenvalue weighted by atomic mass is 16.7. The SMILES string of the molecule is CC(C)(C)OC(=O)NCc1occc1C(=O)ON1C(=O)c2ccccc2C1=O. The Morgan fingerprint density at radius 1 is 1.07 bits per heavy atom. The molecule has 2 aromatic rings. The molecule has 0 aliphatic carbocycles. The Morgan fingerprint density at radius 2 is 1.68 bits per heavy atom. The number of amides is 3. The molecule has 0 atom stereocenters. The van der Waals surface area contributed by atoms with E-state index in [1.807, 2.05) is 0 Å². The summed E-state index contributed by atoms with van der Waals surface area (Å²) < 4.78 is 10.3. The minimum atomic E-state index is -0.968. The monoisotopic (exact) mass is 386 g/mol. The van der Waals surface area contributed by atoms with Crippen molar-refractivity contribution in [1.29, 1.82) is 0 Å². The summed E-state index contributed by atoms with van der Waals surface area (Å²) in [4.78, 5) is 53.7. The van der Waals surface area contributed by atoms with Crippen LogP contribution in [0.3, 0.4) is 0 Å². The smallest absolute Gasteiger partial charge is 0.408 e. The third-order valence-corrected chi connectivity index (χ3v) is 3.69. The molecule has 9 heteroatoms. The number of imide groups is 1. The first-order valence-corrected chi connectivity index (χ1v) is 8.40. The second-order valence-corrected chi connectivity index (χ2v) is 6.94. The van der Waals surface area contributed by atoms with Crippen LogP contribution < -0.4 is 5.32 Å². The molecule has 146 valence electrons. The molecule has 3 rings (SSSR count). The van der Waals surface area contributed by atoms with Gasteiger partial charge in [0, 0.05) is 0 Å². The van der Waals surface area contributed by atoms with Crippen LogP contribution in [-0.4, -0.2) is 34.5 Å². The second-order valence-electron chi connectivity index (χ2n) is 6.94. The first-order valence-electron chi connectivity index (χ1n) is 8.40. The third-order valence-electron chi connectivity index (χ3n) is 3.69. The Hall–Kier alpha value is -3.62. The number of fused-ring (bicyclic) bond motifs is 1. The lowest BCUT2D eigenvalue weighted by Gasteiger charge is -2.19. The average molecular weight is 386 g/mol. The second kappa shape index (κ2) is 7.18. The van der Waals surface area contributed by atoms with Crippen molar-refractivity contribution in [1.82, 2.24) is 10.4 Å². The predicted molar refractivity (Wildman–Crippen MR) is 94.1 cm³/mol. The van der Waals surface area contributed by atoms with Gasteiger partial charge in [-0.15, -0.1) is 0 Å². The topological polar surface area (TPSA) is 115 Å². The molecule has 3 amide bonds. The normalized spacial score (nSPS) is 13.3. The minimum absolute atomic E-state index is 0.0346. The number of carbonyl (C=O) groups excluding carboxylic acids is 4. The molecule has 1 N–H and O–H groups in total. The molecule has 0 saturated heterocycles. The van der Waals surface area contributed by atoms with Crippen LogP contribution in [0.2, 0.25) is 0 Å². The summed E-state index contributed by atoms with van der Waals surface area (Å²) in [5, 5.41) is 2.86. The molecule has 0 spiro atoms. The van der Waals surface area contributed by atoms with Crippen molar-refractivity contribution in [2.75, 3.05) is 0 Å². The number of hydroxylamine groups is 2. The molecule has 0 radical (unpaired) electrons. The van der Waals surface area contributed by atoms with E-state index in [4.69, 9.17) is 14.0 Å². The van der Waals surface area contributed by atoms with Gasteiger partial charge in [0.2, 0.25) is 0 Å². The fourth-order valence-corrected chi connectivity index (χ4v) is 2.51. The molecule has 0 unspecified atom stereocenters. The van der Waals surface area contributed by atoms with Gasteiger partial charge in [-0.2, -0.15) is 0 Å². The molecule has 1 aliphatic rings. The van der Waals surface area contributed by atoms with E-state index in [0.29, 0.717) is 5.06 Å². The summed E-state index contributed by atoms with van der Waals surface area (Å²) >= 11 is 0. The average Bonchev–Trinajstić information content (AvgIpc) is 3.18. The van der Waals surface area contributed by atoms with Crippen molar-refractivity contribution in [3.63, 3.8) is 0 Å².